The highest BCUT2D eigenvalue weighted by Crippen LogP contribution is 2.23. The SMILES string of the molecule is CCCCC/C=C\C=C/CCCCCCCCCCCC(O)C(=O)NC(COC1OC(CO)C(O)C(O)C1O)C(O)C(O)CCCCCC. The maximum Gasteiger partial charge on any atom is 0.249 e. The van der Waals surface area contributed by atoms with Gasteiger partial charge in [-0.25, -0.2) is 0 Å². The summed E-state index contributed by atoms with van der Waals surface area (Å²) < 4.78 is 10.9. The molecule has 11 nitrogen and oxygen atoms in total. The molecule has 9 atom stereocenters. The van der Waals surface area contributed by atoms with Gasteiger partial charge in [0.15, 0.2) is 6.29 Å². The summed E-state index contributed by atoms with van der Waals surface area (Å²) in [5, 5.41) is 74.6. The van der Waals surface area contributed by atoms with Gasteiger partial charge in [0.25, 0.3) is 0 Å². The summed E-state index contributed by atoms with van der Waals surface area (Å²) in [5.41, 5.74) is 0. The number of aliphatic hydroxyl groups excluding tert-OH is 7. The highest BCUT2D eigenvalue weighted by atomic mass is 16.7. The van der Waals surface area contributed by atoms with E-state index in [0.29, 0.717) is 19.3 Å². The van der Waals surface area contributed by atoms with Crippen molar-refractivity contribution in [2.45, 2.75) is 197 Å². The number of rotatable bonds is 30. The molecule has 11 heteroatoms. The molecule has 1 rings (SSSR count). The van der Waals surface area contributed by atoms with Gasteiger partial charge in [-0.3, -0.25) is 4.79 Å². The Bertz CT molecular complexity index is 856. The third-order valence-electron chi connectivity index (χ3n) is 9.28. The van der Waals surface area contributed by atoms with Gasteiger partial charge in [0.1, 0.15) is 36.6 Å². The van der Waals surface area contributed by atoms with Crippen LogP contribution in [0.15, 0.2) is 24.3 Å². The molecule has 1 saturated heterocycles. The van der Waals surface area contributed by atoms with Gasteiger partial charge in [-0.15, -0.1) is 0 Å². The lowest BCUT2D eigenvalue weighted by Gasteiger charge is -2.40. The van der Waals surface area contributed by atoms with Gasteiger partial charge < -0.3 is 50.5 Å². The topological polar surface area (TPSA) is 189 Å². The van der Waals surface area contributed by atoms with Crippen LogP contribution in [0.4, 0.5) is 0 Å². The summed E-state index contributed by atoms with van der Waals surface area (Å²) in [5.74, 6) is -0.711. The number of aliphatic hydroxyl groups is 7. The zero-order valence-electron chi connectivity index (χ0n) is 30.4. The van der Waals surface area contributed by atoms with Crippen molar-refractivity contribution in [3.63, 3.8) is 0 Å². The maximum absolute atomic E-state index is 12.9. The van der Waals surface area contributed by atoms with Crippen LogP contribution in [-0.4, -0.2) is 110 Å². The first-order valence-corrected chi connectivity index (χ1v) is 19.3. The Hall–Kier alpha value is -1.41. The third-order valence-corrected chi connectivity index (χ3v) is 9.28. The summed E-state index contributed by atoms with van der Waals surface area (Å²) in [6, 6.07) is -1.16. The largest absolute Gasteiger partial charge is 0.394 e. The molecule has 1 heterocycles. The molecule has 288 valence electrons. The molecule has 0 spiro atoms. The zero-order chi connectivity index (χ0) is 36.3. The second-order valence-electron chi connectivity index (χ2n) is 13.7. The van der Waals surface area contributed by atoms with Crippen LogP contribution in [0.1, 0.15) is 142 Å². The Balaban J connectivity index is 2.40. The smallest absolute Gasteiger partial charge is 0.249 e. The lowest BCUT2D eigenvalue weighted by atomic mass is 9.98. The van der Waals surface area contributed by atoms with E-state index in [2.05, 4.69) is 43.5 Å². The molecule has 1 fully saturated rings. The van der Waals surface area contributed by atoms with E-state index in [1.54, 1.807) is 0 Å². The first kappa shape index (κ1) is 45.6. The molecule has 0 aromatic heterocycles. The van der Waals surface area contributed by atoms with Crippen molar-refractivity contribution in [1.82, 2.24) is 5.32 Å². The Labute approximate surface area is 295 Å². The summed E-state index contributed by atoms with van der Waals surface area (Å²) in [7, 11) is 0. The average Bonchev–Trinajstić information content (AvgIpc) is 3.10. The van der Waals surface area contributed by atoms with E-state index in [-0.39, 0.29) is 6.42 Å². The predicted molar refractivity (Wildman–Crippen MR) is 192 cm³/mol. The molecular weight excluding hydrogens is 630 g/mol. The molecule has 0 bridgehead atoms. The number of ether oxygens (including phenoxy) is 2. The van der Waals surface area contributed by atoms with Crippen LogP contribution in [0, 0.1) is 0 Å². The van der Waals surface area contributed by atoms with Gasteiger partial charge in [-0.1, -0.05) is 128 Å². The second-order valence-corrected chi connectivity index (χ2v) is 13.7. The van der Waals surface area contributed by atoms with Gasteiger partial charge in [0, 0.05) is 0 Å². The van der Waals surface area contributed by atoms with E-state index in [4.69, 9.17) is 9.47 Å². The Morgan fingerprint density at radius 2 is 1.22 bits per heavy atom. The highest BCUT2D eigenvalue weighted by molar-refractivity contribution is 5.80. The molecule has 0 aliphatic carbocycles. The molecule has 8 N–H and O–H groups in total. The van der Waals surface area contributed by atoms with Crippen molar-refractivity contribution in [3.05, 3.63) is 24.3 Å². The number of carbonyl (C=O) groups is 1. The number of carbonyl (C=O) groups excluding carboxylic acids is 1. The van der Waals surface area contributed by atoms with Crippen LogP contribution in [0.5, 0.6) is 0 Å². The quantitative estimate of drug-likeness (QED) is 0.0396. The van der Waals surface area contributed by atoms with E-state index >= 15 is 0 Å². The van der Waals surface area contributed by atoms with Gasteiger partial charge in [-0.2, -0.15) is 0 Å². The molecule has 0 aromatic rings. The summed E-state index contributed by atoms with van der Waals surface area (Å²) in [6.45, 7) is 3.23. The minimum Gasteiger partial charge on any atom is -0.394 e. The van der Waals surface area contributed by atoms with E-state index in [0.717, 1.165) is 44.9 Å². The number of hydrogen-bond acceptors (Lipinski definition) is 10. The maximum atomic E-state index is 12.9. The van der Waals surface area contributed by atoms with E-state index in [1.807, 2.05) is 0 Å². The van der Waals surface area contributed by atoms with Crippen molar-refractivity contribution in [2.75, 3.05) is 13.2 Å². The summed E-state index contributed by atoms with van der Waals surface area (Å²) in [4.78, 5) is 12.9. The number of nitrogens with one attached hydrogen (secondary N) is 1. The van der Waals surface area contributed by atoms with Crippen LogP contribution in [0.3, 0.4) is 0 Å². The van der Waals surface area contributed by atoms with Crippen molar-refractivity contribution in [2.24, 2.45) is 0 Å². The van der Waals surface area contributed by atoms with Crippen molar-refractivity contribution in [3.8, 4) is 0 Å². The van der Waals surface area contributed by atoms with Crippen LogP contribution < -0.4 is 5.32 Å². The summed E-state index contributed by atoms with van der Waals surface area (Å²) in [6.07, 6.45) is 17.4. The molecular formula is C38H71NO10. The van der Waals surface area contributed by atoms with E-state index in [9.17, 15) is 40.5 Å². The highest BCUT2D eigenvalue weighted by Gasteiger charge is 2.44. The molecule has 9 unspecified atom stereocenters. The van der Waals surface area contributed by atoms with Crippen LogP contribution in [0.2, 0.25) is 0 Å². The molecule has 1 aliphatic rings. The Morgan fingerprint density at radius 1 is 0.714 bits per heavy atom. The Kier molecular flexibility index (Phi) is 27.2. The molecule has 0 radical (unpaired) electrons. The first-order chi connectivity index (χ1) is 23.7. The molecule has 49 heavy (non-hydrogen) atoms. The number of hydrogen-bond donors (Lipinski definition) is 8. The molecule has 1 amide bonds. The van der Waals surface area contributed by atoms with Gasteiger partial charge >= 0.3 is 0 Å². The number of unbranched alkanes of at least 4 members (excludes halogenated alkanes) is 15. The standard InChI is InChI=1S/C38H71NO10/c1-3-5-7-9-10-11-12-13-14-15-16-17-18-19-20-21-22-24-26-31(42)37(47)39-29(33(43)30(41)25-23-8-6-4-2)28-48-38-36(46)35(45)34(44)32(27-40)49-38/h10-13,29-36,38,40-46H,3-9,14-28H2,1-2H3,(H,39,47)/b11-10-,13-12-. The monoisotopic (exact) mass is 702 g/mol. The van der Waals surface area contributed by atoms with E-state index < -0.39 is 74.2 Å². The van der Waals surface area contributed by atoms with Crippen molar-refractivity contribution in [1.29, 1.82) is 0 Å². The fraction of sp³-hybridized carbons (Fsp3) is 0.868. The zero-order valence-corrected chi connectivity index (χ0v) is 30.4. The minimum absolute atomic E-state index is 0.253. The minimum atomic E-state index is -1.66. The van der Waals surface area contributed by atoms with Crippen molar-refractivity contribution >= 4 is 5.91 Å². The Morgan fingerprint density at radius 3 is 1.82 bits per heavy atom. The van der Waals surface area contributed by atoms with Crippen LogP contribution in [-0.2, 0) is 14.3 Å². The fourth-order valence-electron chi connectivity index (χ4n) is 5.96. The normalized spacial score (nSPS) is 24.0. The second kappa shape index (κ2) is 29.2. The average molecular weight is 702 g/mol. The predicted octanol–water partition coefficient (Wildman–Crippen LogP) is 4.32. The van der Waals surface area contributed by atoms with Gasteiger partial charge in [0.05, 0.1) is 25.4 Å². The lowest BCUT2D eigenvalue weighted by Crippen LogP contribution is -2.60. The van der Waals surface area contributed by atoms with E-state index in [1.165, 1.54) is 57.8 Å². The molecule has 0 aromatic carbocycles. The third kappa shape index (κ3) is 20.3. The first-order valence-electron chi connectivity index (χ1n) is 19.3. The van der Waals surface area contributed by atoms with Crippen LogP contribution >= 0.6 is 0 Å². The molecule has 0 saturated carbocycles. The summed E-state index contributed by atoms with van der Waals surface area (Å²) >= 11 is 0. The van der Waals surface area contributed by atoms with Gasteiger partial charge in [-0.05, 0) is 38.5 Å². The lowest BCUT2D eigenvalue weighted by molar-refractivity contribution is -0.303. The number of allylic oxidation sites excluding steroid dienone is 4. The number of amides is 1. The van der Waals surface area contributed by atoms with Gasteiger partial charge in [0.2, 0.25) is 5.91 Å². The van der Waals surface area contributed by atoms with Crippen molar-refractivity contribution < 1.29 is 50.0 Å². The molecule has 1 aliphatic heterocycles. The van der Waals surface area contributed by atoms with Crippen LogP contribution in [0.25, 0.3) is 0 Å². The fourth-order valence-corrected chi connectivity index (χ4v) is 5.96.